The number of ether oxygens (including phenoxy) is 2. The summed E-state index contributed by atoms with van der Waals surface area (Å²) in [5, 5.41) is 3.54. The molecule has 0 saturated heterocycles. The van der Waals surface area contributed by atoms with Crippen LogP contribution >= 0.6 is 11.6 Å². The number of hydrogen-bond donors (Lipinski definition) is 1. The molecule has 0 radical (unpaired) electrons. The van der Waals surface area contributed by atoms with Gasteiger partial charge < -0.3 is 14.8 Å². The number of amides is 1. The van der Waals surface area contributed by atoms with Gasteiger partial charge in [-0.05, 0) is 48.7 Å². The Morgan fingerprint density at radius 3 is 2.60 bits per heavy atom. The number of rotatable bonds is 8. The summed E-state index contributed by atoms with van der Waals surface area (Å²) < 4.78 is 10.9. The lowest BCUT2D eigenvalue weighted by Crippen LogP contribution is -2.30. The molecule has 0 aliphatic carbocycles. The monoisotopic (exact) mass is 359 g/mol. The van der Waals surface area contributed by atoms with Crippen LogP contribution in [0.15, 0.2) is 48.5 Å². The van der Waals surface area contributed by atoms with E-state index in [0.29, 0.717) is 23.1 Å². The molecule has 0 aromatic heterocycles. The Hall–Kier alpha value is -2.46. The molecule has 1 amide bonds. The van der Waals surface area contributed by atoms with Crippen LogP contribution in [-0.4, -0.2) is 26.2 Å². The normalized spacial score (nSPS) is 10.7. The number of hydrogen-bond acceptors (Lipinski definition) is 3. The number of benzene rings is 2. The van der Waals surface area contributed by atoms with Crippen LogP contribution < -0.4 is 14.8 Å². The molecule has 0 fully saturated rings. The molecule has 0 heterocycles. The van der Waals surface area contributed by atoms with Crippen LogP contribution in [0.4, 0.5) is 0 Å². The lowest BCUT2D eigenvalue weighted by Gasteiger charge is -2.11. The van der Waals surface area contributed by atoms with Gasteiger partial charge in [-0.3, -0.25) is 4.79 Å². The molecular formula is C20H22ClNO3. The topological polar surface area (TPSA) is 47.6 Å². The number of methoxy groups -OCH3 is 1. The highest BCUT2D eigenvalue weighted by Gasteiger charge is 2.08. The summed E-state index contributed by atoms with van der Waals surface area (Å²) in [4.78, 5) is 11.9. The summed E-state index contributed by atoms with van der Waals surface area (Å²) in [6.07, 6.45) is 4.66. The summed E-state index contributed by atoms with van der Waals surface area (Å²) in [5.41, 5.74) is 2.13. The van der Waals surface area contributed by atoms with Crippen molar-refractivity contribution in [1.29, 1.82) is 0 Å². The summed E-state index contributed by atoms with van der Waals surface area (Å²) >= 11 is 5.85. The number of carbonyl (C=O) groups is 1. The summed E-state index contributed by atoms with van der Waals surface area (Å²) in [5.74, 6) is 0.974. The van der Waals surface area contributed by atoms with E-state index in [1.54, 1.807) is 13.2 Å². The molecule has 1 N–H and O–H groups in total. The van der Waals surface area contributed by atoms with Crippen molar-refractivity contribution in [3.63, 3.8) is 0 Å². The number of halogens is 1. The fraction of sp³-hybridized carbons (Fsp3) is 0.250. The minimum absolute atomic E-state index is 0.0556. The summed E-state index contributed by atoms with van der Waals surface area (Å²) in [7, 11) is 1.58. The molecule has 132 valence electrons. The summed E-state index contributed by atoms with van der Waals surface area (Å²) in [6.45, 7) is 2.44. The highest BCUT2D eigenvalue weighted by molar-refractivity contribution is 6.30. The third-order valence-corrected chi connectivity index (χ3v) is 3.81. The Morgan fingerprint density at radius 2 is 1.92 bits per heavy atom. The van der Waals surface area contributed by atoms with E-state index in [1.807, 2.05) is 55.5 Å². The Kier molecular flexibility index (Phi) is 7.36. The zero-order valence-corrected chi connectivity index (χ0v) is 15.2. The second kappa shape index (κ2) is 9.74. The first-order chi connectivity index (χ1) is 12.1. The standard InChI is InChI=1S/C20H22ClNO3/c1-3-4-16-7-10-18(19(13-16)24-2)25-14-20(23)22-12-11-15-5-8-17(21)9-6-15/h3-10,13H,11-12,14H2,1-2H3,(H,22,23)/b4-3+. The Labute approximate surface area is 153 Å². The first kappa shape index (κ1) is 18.9. The van der Waals surface area contributed by atoms with Gasteiger partial charge in [0, 0.05) is 11.6 Å². The van der Waals surface area contributed by atoms with E-state index in [1.165, 1.54) is 0 Å². The molecule has 2 aromatic carbocycles. The molecule has 25 heavy (non-hydrogen) atoms. The van der Waals surface area contributed by atoms with Crippen LogP contribution in [0, 0.1) is 0 Å². The van der Waals surface area contributed by atoms with E-state index < -0.39 is 0 Å². The van der Waals surface area contributed by atoms with Crippen molar-refractivity contribution in [3.8, 4) is 11.5 Å². The van der Waals surface area contributed by atoms with E-state index in [2.05, 4.69) is 5.32 Å². The van der Waals surface area contributed by atoms with Crippen LogP contribution in [0.2, 0.25) is 5.02 Å². The molecule has 4 nitrogen and oxygen atoms in total. The van der Waals surface area contributed by atoms with Gasteiger partial charge in [-0.2, -0.15) is 0 Å². The Balaban J connectivity index is 1.80. The van der Waals surface area contributed by atoms with Crippen LogP contribution in [0.3, 0.4) is 0 Å². The third-order valence-electron chi connectivity index (χ3n) is 3.55. The van der Waals surface area contributed by atoms with Crippen molar-refractivity contribution < 1.29 is 14.3 Å². The molecule has 0 unspecified atom stereocenters. The van der Waals surface area contributed by atoms with E-state index >= 15 is 0 Å². The Morgan fingerprint density at radius 1 is 1.16 bits per heavy atom. The molecule has 5 heteroatoms. The lowest BCUT2D eigenvalue weighted by atomic mass is 10.1. The van der Waals surface area contributed by atoms with Crippen molar-refractivity contribution in [2.75, 3.05) is 20.3 Å². The van der Waals surface area contributed by atoms with Crippen LogP contribution in [-0.2, 0) is 11.2 Å². The minimum Gasteiger partial charge on any atom is -0.493 e. The van der Waals surface area contributed by atoms with Gasteiger partial charge in [0.2, 0.25) is 0 Å². The molecule has 0 saturated carbocycles. The molecule has 0 aliphatic heterocycles. The maximum Gasteiger partial charge on any atom is 0.257 e. The van der Waals surface area contributed by atoms with Crippen molar-refractivity contribution in [3.05, 3.63) is 64.7 Å². The molecule has 0 atom stereocenters. The lowest BCUT2D eigenvalue weighted by molar-refractivity contribution is -0.123. The largest absolute Gasteiger partial charge is 0.493 e. The first-order valence-corrected chi connectivity index (χ1v) is 8.45. The molecular weight excluding hydrogens is 338 g/mol. The maximum absolute atomic E-state index is 11.9. The van der Waals surface area contributed by atoms with E-state index in [0.717, 1.165) is 17.5 Å². The number of allylic oxidation sites excluding steroid dienone is 1. The third kappa shape index (κ3) is 6.16. The molecule has 0 bridgehead atoms. The van der Waals surface area contributed by atoms with Gasteiger partial charge in [-0.15, -0.1) is 0 Å². The fourth-order valence-corrected chi connectivity index (χ4v) is 2.42. The fourth-order valence-electron chi connectivity index (χ4n) is 2.29. The second-order valence-corrected chi connectivity index (χ2v) is 5.86. The average Bonchev–Trinajstić information content (AvgIpc) is 2.62. The van der Waals surface area contributed by atoms with Gasteiger partial charge >= 0.3 is 0 Å². The maximum atomic E-state index is 11.9. The van der Waals surface area contributed by atoms with Gasteiger partial charge in [0.15, 0.2) is 18.1 Å². The highest BCUT2D eigenvalue weighted by atomic mass is 35.5. The smallest absolute Gasteiger partial charge is 0.257 e. The van der Waals surface area contributed by atoms with Crippen molar-refractivity contribution in [2.45, 2.75) is 13.3 Å². The molecule has 0 aliphatic rings. The minimum atomic E-state index is -0.173. The Bertz CT molecular complexity index is 726. The predicted octanol–water partition coefficient (Wildman–Crippen LogP) is 4.12. The number of nitrogens with one attached hydrogen (secondary N) is 1. The van der Waals surface area contributed by atoms with Crippen molar-refractivity contribution in [1.82, 2.24) is 5.32 Å². The SMILES string of the molecule is C/C=C/c1ccc(OCC(=O)NCCc2ccc(Cl)cc2)c(OC)c1. The van der Waals surface area contributed by atoms with Gasteiger partial charge in [0.25, 0.3) is 5.91 Å². The predicted molar refractivity (Wildman–Crippen MR) is 101 cm³/mol. The molecule has 2 aromatic rings. The van der Waals surface area contributed by atoms with Gasteiger partial charge in [-0.1, -0.05) is 42.0 Å². The van der Waals surface area contributed by atoms with Crippen LogP contribution in [0.25, 0.3) is 6.08 Å². The van der Waals surface area contributed by atoms with Gasteiger partial charge in [-0.25, -0.2) is 0 Å². The average molecular weight is 360 g/mol. The first-order valence-electron chi connectivity index (χ1n) is 8.07. The highest BCUT2D eigenvalue weighted by Crippen LogP contribution is 2.28. The quantitative estimate of drug-likeness (QED) is 0.771. The van der Waals surface area contributed by atoms with E-state index in [4.69, 9.17) is 21.1 Å². The van der Waals surface area contributed by atoms with E-state index in [-0.39, 0.29) is 12.5 Å². The van der Waals surface area contributed by atoms with Gasteiger partial charge in [0.05, 0.1) is 7.11 Å². The number of carbonyl (C=O) groups excluding carboxylic acids is 1. The second-order valence-electron chi connectivity index (χ2n) is 5.43. The zero-order chi connectivity index (χ0) is 18.1. The van der Waals surface area contributed by atoms with Crippen LogP contribution in [0.1, 0.15) is 18.1 Å². The summed E-state index contributed by atoms with van der Waals surface area (Å²) in [6, 6.07) is 13.2. The molecule has 0 spiro atoms. The van der Waals surface area contributed by atoms with Gasteiger partial charge in [0.1, 0.15) is 0 Å². The van der Waals surface area contributed by atoms with E-state index in [9.17, 15) is 4.79 Å². The van der Waals surface area contributed by atoms with Crippen molar-refractivity contribution in [2.24, 2.45) is 0 Å². The van der Waals surface area contributed by atoms with Crippen molar-refractivity contribution >= 4 is 23.6 Å². The molecule has 2 rings (SSSR count). The zero-order valence-electron chi connectivity index (χ0n) is 14.4. The van der Waals surface area contributed by atoms with Crippen LogP contribution in [0.5, 0.6) is 11.5 Å².